The summed E-state index contributed by atoms with van der Waals surface area (Å²) in [6.45, 7) is 20.7. The largest absolute Gasteiger partial charge is 0.310 e. The molecule has 4 heteroatoms. The van der Waals surface area contributed by atoms with Gasteiger partial charge in [-0.25, -0.2) is 0 Å². The summed E-state index contributed by atoms with van der Waals surface area (Å²) >= 11 is 0. The van der Waals surface area contributed by atoms with Gasteiger partial charge < -0.3 is 14.4 Å². The van der Waals surface area contributed by atoms with Crippen LogP contribution >= 0.6 is 0 Å². The summed E-state index contributed by atoms with van der Waals surface area (Å²) in [6, 6.07) is 122. The van der Waals surface area contributed by atoms with E-state index in [1.54, 1.807) is 0 Å². The van der Waals surface area contributed by atoms with Gasteiger partial charge in [-0.15, -0.1) is 0 Å². The van der Waals surface area contributed by atoms with Gasteiger partial charge in [0.1, 0.15) is 0 Å². The van der Waals surface area contributed by atoms with Gasteiger partial charge in [0, 0.05) is 61.5 Å². The Morgan fingerprint density at radius 1 is 0.240 bits per heavy atom. The first-order valence-corrected chi connectivity index (χ1v) is 35.4. The Morgan fingerprint density at radius 3 is 1.03 bits per heavy atom. The molecule has 0 fully saturated rings. The van der Waals surface area contributed by atoms with E-state index in [-0.39, 0.29) is 23.0 Å². The van der Waals surface area contributed by atoms with Crippen molar-refractivity contribution in [3.8, 4) is 83.6 Å². The minimum absolute atomic E-state index is 0.0436. The molecule has 0 aliphatic carbocycles. The third-order valence-electron chi connectivity index (χ3n) is 21.1. The van der Waals surface area contributed by atoms with Crippen molar-refractivity contribution < 1.29 is 0 Å². The first-order valence-electron chi connectivity index (χ1n) is 35.4. The molecule has 0 atom stereocenters. The maximum absolute atomic E-state index is 2.71. The Bertz CT molecular complexity index is 5430. The molecule has 17 rings (SSSR count). The van der Waals surface area contributed by atoms with Crippen LogP contribution in [-0.2, 0) is 16.2 Å². The fraction of sp³-hybridized carbons (Fsp3) is 0.125. The van der Waals surface area contributed by atoms with E-state index < -0.39 is 0 Å². The highest BCUT2D eigenvalue weighted by molar-refractivity contribution is 7.00. The Balaban J connectivity index is 1.04. The van der Waals surface area contributed by atoms with Gasteiger partial charge in [-0.05, 0) is 147 Å². The highest BCUT2D eigenvalue weighted by atomic mass is 15.2. The summed E-state index contributed by atoms with van der Waals surface area (Å²) in [4.78, 5) is 5.37. The summed E-state index contributed by atoms with van der Waals surface area (Å²) in [7, 11) is 0. The van der Waals surface area contributed by atoms with Crippen LogP contribution in [0.4, 0.5) is 34.1 Å². The second-order valence-corrected chi connectivity index (χ2v) is 30.5. The lowest BCUT2D eigenvalue weighted by molar-refractivity contribution is 0.590. The average Bonchev–Trinajstić information content (AvgIpc) is 0.867. The zero-order valence-electron chi connectivity index (χ0n) is 58.5. The van der Waals surface area contributed by atoms with Gasteiger partial charge in [-0.3, -0.25) is 0 Å². The Kier molecular flexibility index (Phi) is 15.0. The van der Waals surface area contributed by atoms with Crippen molar-refractivity contribution in [2.75, 3.05) is 9.80 Å². The van der Waals surface area contributed by atoms with Crippen molar-refractivity contribution in [3.05, 3.63) is 338 Å². The number of hydrogen-bond acceptors (Lipinski definition) is 2. The van der Waals surface area contributed by atoms with Crippen molar-refractivity contribution in [3.63, 3.8) is 0 Å². The molecular weight excluding hydrogens is 1210 g/mol. The Morgan fingerprint density at radius 2 is 0.600 bits per heavy atom. The lowest BCUT2D eigenvalue weighted by atomic mass is 9.33. The molecule has 100 heavy (non-hydrogen) atoms. The maximum Gasteiger partial charge on any atom is 0.252 e. The fourth-order valence-corrected chi connectivity index (χ4v) is 15.8. The number of rotatable bonds is 10. The van der Waals surface area contributed by atoms with E-state index in [1.807, 2.05) is 0 Å². The molecule has 3 nitrogen and oxygen atoms in total. The molecule has 0 amide bonds. The lowest BCUT2D eigenvalue weighted by Crippen LogP contribution is -2.61. The monoisotopic (exact) mass is 1290 g/mol. The zero-order chi connectivity index (χ0) is 68.2. The van der Waals surface area contributed by atoms with E-state index in [0.717, 1.165) is 107 Å². The van der Waals surface area contributed by atoms with Crippen LogP contribution < -0.4 is 26.2 Å². The van der Waals surface area contributed by atoms with Crippen LogP contribution in [0.1, 0.15) is 79.0 Å². The molecule has 0 N–H and O–H groups in total. The van der Waals surface area contributed by atoms with Gasteiger partial charge in [-0.1, -0.05) is 341 Å². The number of anilines is 6. The van der Waals surface area contributed by atoms with Crippen molar-refractivity contribution in [1.29, 1.82) is 0 Å². The maximum atomic E-state index is 2.71. The third kappa shape index (κ3) is 10.8. The normalized spacial score (nSPS) is 12.8. The zero-order valence-corrected chi connectivity index (χ0v) is 58.5. The Hall–Kier alpha value is -11.5. The summed E-state index contributed by atoms with van der Waals surface area (Å²) < 4.78 is 2.59. The van der Waals surface area contributed by atoms with Crippen LogP contribution in [0.5, 0.6) is 0 Å². The Labute approximate surface area is 590 Å². The van der Waals surface area contributed by atoms with Gasteiger partial charge in [0.05, 0.1) is 22.4 Å². The molecule has 0 bridgehead atoms. The lowest BCUT2D eigenvalue weighted by Gasteiger charge is -2.46. The molecule has 3 heterocycles. The van der Waals surface area contributed by atoms with Gasteiger partial charge in [-0.2, -0.15) is 0 Å². The molecule has 0 saturated heterocycles. The van der Waals surface area contributed by atoms with Crippen molar-refractivity contribution >= 4 is 79.0 Å². The topological polar surface area (TPSA) is 11.4 Å². The number of para-hydroxylation sites is 2. The van der Waals surface area contributed by atoms with E-state index in [0.29, 0.717) is 0 Å². The molecule has 1 aromatic heterocycles. The van der Waals surface area contributed by atoms with E-state index >= 15 is 0 Å². The molecule has 482 valence electrons. The van der Waals surface area contributed by atoms with Crippen molar-refractivity contribution in [1.82, 2.24) is 4.57 Å². The summed E-state index contributed by atoms with van der Waals surface area (Å²) in [5, 5.41) is 2.49. The van der Waals surface area contributed by atoms with Crippen molar-refractivity contribution in [2.45, 2.75) is 78.6 Å². The highest BCUT2D eigenvalue weighted by Gasteiger charge is 2.46. The molecule has 0 radical (unpaired) electrons. The van der Waals surface area contributed by atoms with Crippen LogP contribution in [0.2, 0.25) is 0 Å². The third-order valence-corrected chi connectivity index (χ3v) is 21.1. The van der Waals surface area contributed by atoms with Gasteiger partial charge in [0.2, 0.25) is 0 Å². The van der Waals surface area contributed by atoms with E-state index in [4.69, 9.17) is 0 Å². The predicted molar refractivity (Wildman–Crippen MR) is 429 cm³/mol. The predicted octanol–water partition coefficient (Wildman–Crippen LogP) is 24.4. The van der Waals surface area contributed by atoms with Crippen molar-refractivity contribution in [2.24, 2.45) is 0 Å². The van der Waals surface area contributed by atoms with E-state index in [9.17, 15) is 0 Å². The standard InChI is InChI=1S/C96H80BN3/c1-94(2,3)73-48-45-66(46-49-73)72-58-89-91-90(59-72)100(93-79(69-33-21-13-22-34-69)39-26-40-80(93)70-35-23-14-24-36-70)88-62-76(98-86-60-74(95(4,5)6)50-53-81(86)82-54-51-75(61-87(82)98)96(7,8)9)52-55-83(88)97(91)84-57-71(65-43-41-64(42-44-65)63-27-15-10-16-28-63)47-56-85(84)99(89)92-77(67-29-17-11-18-30-67)37-25-38-78(92)68-31-19-12-20-32-68/h10-62H,1-9H3. The fourth-order valence-electron chi connectivity index (χ4n) is 15.8. The molecule has 2 aliphatic rings. The van der Waals surface area contributed by atoms with Crippen LogP contribution in [0.25, 0.3) is 105 Å². The second-order valence-electron chi connectivity index (χ2n) is 30.5. The number of hydrogen-bond donors (Lipinski definition) is 0. The minimum atomic E-state index is -0.247. The molecule has 0 saturated carbocycles. The van der Waals surface area contributed by atoms with Crippen LogP contribution in [0.15, 0.2) is 322 Å². The molecule has 15 aromatic rings. The molecule has 0 spiro atoms. The molecule has 0 unspecified atom stereocenters. The van der Waals surface area contributed by atoms with Gasteiger partial charge >= 0.3 is 0 Å². The van der Waals surface area contributed by atoms with Crippen LogP contribution in [0, 0.1) is 0 Å². The molecule has 14 aromatic carbocycles. The van der Waals surface area contributed by atoms with Crippen LogP contribution in [0.3, 0.4) is 0 Å². The quantitative estimate of drug-likeness (QED) is 0.126. The number of benzene rings is 14. The van der Waals surface area contributed by atoms with Gasteiger partial charge in [0.25, 0.3) is 6.71 Å². The van der Waals surface area contributed by atoms with E-state index in [1.165, 1.54) is 66.0 Å². The smallest absolute Gasteiger partial charge is 0.252 e. The second kappa shape index (κ2) is 24.2. The summed E-state index contributed by atoms with van der Waals surface area (Å²) in [6.07, 6.45) is 0. The first-order chi connectivity index (χ1) is 48.5. The molecule has 2 aliphatic heterocycles. The highest BCUT2D eigenvalue weighted by Crippen LogP contribution is 2.54. The molecular formula is C96H80BN3. The number of fused-ring (bicyclic) bond motifs is 7. The van der Waals surface area contributed by atoms with Gasteiger partial charge in [0.15, 0.2) is 0 Å². The van der Waals surface area contributed by atoms with E-state index in [2.05, 4.69) is 398 Å². The summed E-state index contributed by atoms with van der Waals surface area (Å²) in [5.41, 5.74) is 33.8. The number of nitrogens with zero attached hydrogens (tertiary/aromatic N) is 3. The first kappa shape index (κ1) is 62.1. The summed E-state index contributed by atoms with van der Waals surface area (Å²) in [5.74, 6) is 0. The SMILES string of the molecule is CC(C)(C)c1ccc(-c2cc3c4c(c2)N(c2c(-c5ccccc5)cccc2-c2ccccc2)c2cc(-n5c6cc(C(C)(C)C)ccc6c6ccc(C(C)(C)C)cc65)ccc2B4c2cc(-c4ccc(-c5ccccc5)cc4)ccc2N3c2c(-c3ccccc3)cccc2-c2ccccc2)cc1. The number of aromatic nitrogens is 1. The average molecular weight is 1290 g/mol. The minimum Gasteiger partial charge on any atom is -0.310 e. The van der Waals surface area contributed by atoms with Crippen LogP contribution in [-0.4, -0.2) is 11.3 Å².